The standard InChI is InChI=1S/C19H17ClN4O4/c1-3-24-18(26)14-7-5-4-6-13(14)16(23-24)19(27)28-11(2)17(25)22-15-9-8-12(20)10-21-15/h4-11H,3H2,1-2H3,(H,21,22,25)/t11-/m1/s1. The Morgan fingerprint density at radius 1 is 1.21 bits per heavy atom. The Morgan fingerprint density at radius 3 is 2.57 bits per heavy atom. The van der Waals surface area contributed by atoms with Gasteiger partial charge in [0.05, 0.1) is 10.4 Å². The molecule has 0 saturated carbocycles. The zero-order valence-electron chi connectivity index (χ0n) is 15.2. The van der Waals surface area contributed by atoms with E-state index in [2.05, 4.69) is 15.4 Å². The van der Waals surface area contributed by atoms with Crippen LogP contribution in [0.1, 0.15) is 24.3 Å². The minimum Gasteiger partial charge on any atom is -0.448 e. The minimum absolute atomic E-state index is 0.0266. The van der Waals surface area contributed by atoms with Gasteiger partial charge in [-0.05, 0) is 32.0 Å². The highest BCUT2D eigenvalue weighted by Gasteiger charge is 2.23. The predicted molar refractivity (Wildman–Crippen MR) is 104 cm³/mol. The quantitative estimate of drug-likeness (QED) is 0.660. The molecule has 0 spiro atoms. The van der Waals surface area contributed by atoms with Crippen molar-refractivity contribution in [2.24, 2.45) is 0 Å². The maximum Gasteiger partial charge on any atom is 0.360 e. The molecule has 0 fully saturated rings. The van der Waals surface area contributed by atoms with Crippen molar-refractivity contribution in [1.29, 1.82) is 0 Å². The third kappa shape index (κ3) is 4.01. The van der Waals surface area contributed by atoms with Gasteiger partial charge in [-0.15, -0.1) is 0 Å². The lowest BCUT2D eigenvalue weighted by molar-refractivity contribution is -0.123. The van der Waals surface area contributed by atoms with Crippen LogP contribution >= 0.6 is 11.6 Å². The molecule has 0 radical (unpaired) electrons. The summed E-state index contributed by atoms with van der Waals surface area (Å²) in [6.45, 7) is 3.47. The first kappa shape index (κ1) is 19.5. The van der Waals surface area contributed by atoms with Crippen molar-refractivity contribution in [3.63, 3.8) is 0 Å². The van der Waals surface area contributed by atoms with Gasteiger partial charge in [-0.1, -0.05) is 29.8 Å². The molecule has 3 aromatic rings. The Labute approximate surface area is 165 Å². The van der Waals surface area contributed by atoms with E-state index in [0.29, 0.717) is 22.3 Å². The number of hydrogen-bond donors (Lipinski definition) is 1. The van der Waals surface area contributed by atoms with Crippen LogP contribution in [0.15, 0.2) is 47.4 Å². The Morgan fingerprint density at radius 2 is 1.93 bits per heavy atom. The Balaban J connectivity index is 1.82. The number of amides is 1. The summed E-state index contributed by atoms with van der Waals surface area (Å²) >= 11 is 5.76. The molecule has 0 aliphatic carbocycles. The number of nitrogens with zero attached hydrogens (tertiary/aromatic N) is 3. The molecule has 9 heteroatoms. The summed E-state index contributed by atoms with van der Waals surface area (Å²) in [6, 6.07) is 9.73. The highest BCUT2D eigenvalue weighted by Crippen LogP contribution is 2.16. The minimum atomic E-state index is -1.10. The second-order valence-electron chi connectivity index (χ2n) is 5.91. The van der Waals surface area contributed by atoms with Crippen molar-refractivity contribution in [2.75, 3.05) is 5.32 Å². The van der Waals surface area contributed by atoms with E-state index in [1.807, 2.05) is 0 Å². The lowest BCUT2D eigenvalue weighted by Crippen LogP contribution is -2.32. The third-order valence-corrected chi connectivity index (χ3v) is 4.22. The van der Waals surface area contributed by atoms with Crippen LogP contribution in [0.25, 0.3) is 10.8 Å². The zero-order valence-corrected chi connectivity index (χ0v) is 15.9. The topological polar surface area (TPSA) is 103 Å². The molecule has 0 saturated heterocycles. The van der Waals surface area contributed by atoms with Crippen molar-refractivity contribution in [3.05, 3.63) is 63.7 Å². The number of halogens is 1. The molecular formula is C19H17ClN4O4. The van der Waals surface area contributed by atoms with Crippen LogP contribution < -0.4 is 10.9 Å². The number of carbonyl (C=O) groups is 2. The molecule has 28 heavy (non-hydrogen) atoms. The maximum absolute atomic E-state index is 12.6. The van der Waals surface area contributed by atoms with Crippen LogP contribution in [0.5, 0.6) is 0 Å². The van der Waals surface area contributed by atoms with E-state index in [9.17, 15) is 14.4 Å². The molecule has 0 bridgehead atoms. The first-order valence-electron chi connectivity index (χ1n) is 8.54. The van der Waals surface area contributed by atoms with Gasteiger partial charge in [0.2, 0.25) is 0 Å². The van der Waals surface area contributed by atoms with Gasteiger partial charge in [-0.3, -0.25) is 9.59 Å². The van der Waals surface area contributed by atoms with Crippen LogP contribution in [-0.2, 0) is 16.1 Å². The summed E-state index contributed by atoms with van der Waals surface area (Å²) in [5.74, 6) is -1.08. The number of hydrogen-bond acceptors (Lipinski definition) is 6. The molecular weight excluding hydrogens is 384 g/mol. The fourth-order valence-corrected chi connectivity index (χ4v) is 2.66. The van der Waals surface area contributed by atoms with Gasteiger partial charge in [0.1, 0.15) is 5.82 Å². The van der Waals surface area contributed by atoms with Crippen molar-refractivity contribution < 1.29 is 14.3 Å². The van der Waals surface area contributed by atoms with Crippen LogP contribution in [-0.4, -0.2) is 32.7 Å². The molecule has 0 unspecified atom stereocenters. The number of esters is 1. The van der Waals surface area contributed by atoms with Gasteiger partial charge in [0.15, 0.2) is 11.8 Å². The van der Waals surface area contributed by atoms with Gasteiger partial charge < -0.3 is 10.1 Å². The molecule has 144 valence electrons. The highest BCUT2D eigenvalue weighted by molar-refractivity contribution is 6.30. The van der Waals surface area contributed by atoms with Crippen LogP contribution in [0, 0.1) is 0 Å². The van der Waals surface area contributed by atoms with Crippen molar-refractivity contribution in [2.45, 2.75) is 26.5 Å². The second-order valence-corrected chi connectivity index (χ2v) is 6.35. The normalized spacial score (nSPS) is 11.8. The Kier molecular flexibility index (Phi) is 5.70. The summed E-state index contributed by atoms with van der Waals surface area (Å²) < 4.78 is 6.44. The Bertz CT molecular complexity index is 1100. The Hall–Kier alpha value is -3.26. The predicted octanol–water partition coefficient (Wildman–Crippen LogP) is 2.65. The summed E-state index contributed by atoms with van der Waals surface area (Å²) in [5.41, 5.74) is -0.324. The fraction of sp³-hybridized carbons (Fsp3) is 0.211. The average molecular weight is 401 g/mol. The molecule has 1 amide bonds. The molecule has 2 heterocycles. The summed E-state index contributed by atoms with van der Waals surface area (Å²) in [4.78, 5) is 41.2. The van der Waals surface area contributed by atoms with E-state index < -0.39 is 18.0 Å². The smallest absolute Gasteiger partial charge is 0.360 e. The summed E-state index contributed by atoms with van der Waals surface area (Å²) in [7, 11) is 0. The number of pyridine rings is 1. The molecule has 1 N–H and O–H groups in total. The summed E-state index contributed by atoms with van der Waals surface area (Å²) in [6.07, 6.45) is 0.283. The van der Waals surface area contributed by atoms with E-state index in [-0.39, 0.29) is 17.1 Å². The van der Waals surface area contributed by atoms with E-state index in [1.165, 1.54) is 23.9 Å². The molecule has 0 aliphatic rings. The van der Waals surface area contributed by atoms with Crippen molar-refractivity contribution in [3.8, 4) is 0 Å². The van der Waals surface area contributed by atoms with Gasteiger partial charge in [0.25, 0.3) is 11.5 Å². The second kappa shape index (κ2) is 8.18. The first-order valence-corrected chi connectivity index (χ1v) is 8.91. The number of ether oxygens (including phenoxy) is 1. The van der Waals surface area contributed by atoms with E-state index >= 15 is 0 Å². The molecule has 3 rings (SSSR count). The highest BCUT2D eigenvalue weighted by atomic mass is 35.5. The van der Waals surface area contributed by atoms with Crippen LogP contribution in [0.3, 0.4) is 0 Å². The number of rotatable bonds is 5. The molecule has 1 atom stereocenters. The van der Waals surface area contributed by atoms with Crippen molar-refractivity contribution in [1.82, 2.24) is 14.8 Å². The monoisotopic (exact) mass is 400 g/mol. The maximum atomic E-state index is 12.6. The number of aromatic nitrogens is 3. The van der Waals surface area contributed by atoms with Gasteiger partial charge in [0, 0.05) is 18.1 Å². The van der Waals surface area contributed by atoms with E-state index in [4.69, 9.17) is 16.3 Å². The number of anilines is 1. The van der Waals surface area contributed by atoms with Gasteiger partial charge in [-0.2, -0.15) is 5.10 Å². The number of fused-ring (bicyclic) bond motifs is 1. The lowest BCUT2D eigenvalue weighted by atomic mass is 10.1. The van der Waals surface area contributed by atoms with Gasteiger partial charge >= 0.3 is 5.97 Å². The molecule has 1 aromatic carbocycles. The van der Waals surface area contributed by atoms with E-state index in [1.54, 1.807) is 37.3 Å². The molecule has 0 aliphatic heterocycles. The lowest BCUT2D eigenvalue weighted by Gasteiger charge is -2.14. The largest absolute Gasteiger partial charge is 0.448 e. The van der Waals surface area contributed by atoms with E-state index in [0.717, 1.165) is 0 Å². The number of carbonyl (C=O) groups excluding carboxylic acids is 2. The number of aryl methyl sites for hydroxylation is 1. The fourth-order valence-electron chi connectivity index (χ4n) is 2.55. The van der Waals surface area contributed by atoms with Crippen LogP contribution in [0.2, 0.25) is 5.02 Å². The third-order valence-electron chi connectivity index (χ3n) is 3.99. The number of benzene rings is 1. The summed E-state index contributed by atoms with van der Waals surface area (Å²) in [5, 5.41) is 7.79. The average Bonchev–Trinajstić information content (AvgIpc) is 2.70. The zero-order chi connectivity index (χ0) is 20.3. The molecule has 8 nitrogen and oxygen atoms in total. The molecule has 2 aromatic heterocycles. The first-order chi connectivity index (χ1) is 13.4. The van der Waals surface area contributed by atoms with Gasteiger partial charge in [-0.25, -0.2) is 14.5 Å². The van der Waals surface area contributed by atoms with Crippen LogP contribution in [0.4, 0.5) is 5.82 Å². The van der Waals surface area contributed by atoms with Crippen molar-refractivity contribution >= 4 is 40.1 Å². The SMILES string of the molecule is CCn1nc(C(=O)O[C@H](C)C(=O)Nc2ccc(Cl)cn2)c2ccccc2c1=O. The number of nitrogens with one attached hydrogen (secondary N) is 1.